The average molecular weight is 291 g/mol. The van der Waals surface area contributed by atoms with Gasteiger partial charge < -0.3 is 14.6 Å². The molecular formula is C12H13N5O4. The highest BCUT2D eigenvalue weighted by atomic mass is 16.6. The highest BCUT2D eigenvalue weighted by Crippen LogP contribution is 2.24. The second-order valence-electron chi connectivity index (χ2n) is 4.40. The third-order valence-corrected chi connectivity index (χ3v) is 3.00. The van der Waals surface area contributed by atoms with E-state index in [1.807, 2.05) is 0 Å². The maximum Gasteiger partial charge on any atom is 0.316 e. The lowest BCUT2D eigenvalue weighted by Gasteiger charge is -2.08. The molecule has 9 heteroatoms. The molecule has 2 aromatic rings. The van der Waals surface area contributed by atoms with Crippen LogP contribution in [0, 0.1) is 10.1 Å². The molecule has 0 fully saturated rings. The van der Waals surface area contributed by atoms with Gasteiger partial charge in [0, 0.05) is 25.5 Å². The fourth-order valence-corrected chi connectivity index (χ4v) is 1.87. The summed E-state index contributed by atoms with van der Waals surface area (Å²) in [5.41, 5.74) is 1.50. The molecule has 0 aliphatic heterocycles. The topological polar surface area (TPSA) is 125 Å². The molecule has 110 valence electrons. The van der Waals surface area contributed by atoms with Crippen molar-refractivity contribution in [3.63, 3.8) is 0 Å². The number of anilines is 1. The normalized spacial score (nSPS) is 10.4. The largest absolute Gasteiger partial charge is 0.318 e. The predicted molar refractivity (Wildman–Crippen MR) is 76.0 cm³/mol. The number of hydrogen-bond acceptors (Lipinski definition) is 6. The minimum absolute atomic E-state index is 0.113. The molecular weight excluding hydrogens is 278 g/mol. The summed E-state index contributed by atoms with van der Waals surface area (Å²) in [7, 11) is 1.48. The van der Waals surface area contributed by atoms with Crippen molar-refractivity contribution in [2.24, 2.45) is 12.9 Å². The van der Waals surface area contributed by atoms with Gasteiger partial charge in [0.25, 0.3) is 5.69 Å². The Kier molecular flexibility index (Phi) is 3.85. The molecule has 0 atom stereocenters. The van der Waals surface area contributed by atoms with Crippen LogP contribution in [-0.2, 0) is 13.6 Å². The first kappa shape index (κ1) is 14.5. The number of nitrogen functional groups attached to an aromatic ring is 1. The van der Waals surface area contributed by atoms with Gasteiger partial charge in [-0.25, -0.2) is 0 Å². The van der Waals surface area contributed by atoms with Gasteiger partial charge in [0.05, 0.1) is 11.5 Å². The molecule has 0 aliphatic carbocycles. The average Bonchev–Trinajstić information content (AvgIpc) is 2.47. The standard InChI is InChI=1S/C12H13N5O4/c1-15-4-5-16(12(19)11(15)18)7-8-2-3-10(17(20)21)9(6-8)14-13/h2-6,14H,7,13H2,1H3. The number of nitrogens with one attached hydrogen (secondary N) is 1. The molecule has 0 unspecified atom stereocenters. The monoisotopic (exact) mass is 291 g/mol. The number of nitrogens with zero attached hydrogens (tertiary/aromatic N) is 3. The van der Waals surface area contributed by atoms with E-state index in [0.717, 1.165) is 0 Å². The smallest absolute Gasteiger partial charge is 0.316 e. The van der Waals surface area contributed by atoms with Gasteiger partial charge in [0.1, 0.15) is 5.69 Å². The van der Waals surface area contributed by atoms with Crippen LogP contribution in [0.3, 0.4) is 0 Å². The van der Waals surface area contributed by atoms with Crippen LogP contribution in [0.2, 0.25) is 0 Å². The minimum atomic E-state index is -0.666. The molecule has 1 aromatic heterocycles. The van der Waals surface area contributed by atoms with Crippen molar-refractivity contribution >= 4 is 11.4 Å². The van der Waals surface area contributed by atoms with Gasteiger partial charge in [-0.05, 0) is 11.6 Å². The number of nitro benzene ring substituents is 1. The third-order valence-electron chi connectivity index (χ3n) is 3.00. The summed E-state index contributed by atoms with van der Waals surface area (Å²) in [5, 5.41) is 10.8. The quantitative estimate of drug-likeness (QED) is 0.347. The summed E-state index contributed by atoms with van der Waals surface area (Å²) in [4.78, 5) is 33.6. The summed E-state index contributed by atoms with van der Waals surface area (Å²) in [6.07, 6.45) is 2.94. The molecule has 3 N–H and O–H groups in total. The zero-order valence-corrected chi connectivity index (χ0v) is 11.1. The van der Waals surface area contributed by atoms with Gasteiger partial charge in [-0.1, -0.05) is 6.07 Å². The lowest BCUT2D eigenvalue weighted by atomic mass is 10.1. The molecule has 1 aromatic carbocycles. The predicted octanol–water partition coefficient (Wildman–Crippen LogP) is -0.211. The van der Waals surface area contributed by atoms with Crippen molar-refractivity contribution in [2.75, 3.05) is 5.43 Å². The molecule has 21 heavy (non-hydrogen) atoms. The third kappa shape index (κ3) is 2.82. The highest BCUT2D eigenvalue weighted by Gasteiger charge is 2.13. The lowest BCUT2D eigenvalue weighted by molar-refractivity contribution is -0.384. The molecule has 0 bridgehead atoms. The SMILES string of the molecule is Cn1ccn(Cc2ccc([N+](=O)[O-])c(NN)c2)c(=O)c1=O. The van der Waals surface area contributed by atoms with Crippen molar-refractivity contribution in [3.05, 3.63) is 67.0 Å². The van der Waals surface area contributed by atoms with Gasteiger partial charge in [0.15, 0.2) is 0 Å². The van der Waals surface area contributed by atoms with E-state index in [1.54, 1.807) is 0 Å². The van der Waals surface area contributed by atoms with Gasteiger partial charge in [-0.2, -0.15) is 0 Å². The van der Waals surface area contributed by atoms with Crippen LogP contribution in [0.15, 0.2) is 40.2 Å². The van der Waals surface area contributed by atoms with Crippen LogP contribution in [0.4, 0.5) is 11.4 Å². The number of hydrogen-bond donors (Lipinski definition) is 2. The van der Waals surface area contributed by atoms with E-state index in [4.69, 9.17) is 5.84 Å². The number of benzene rings is 1. The highest BCUT2D eigenvalue weighted by molar-refractivity contribution is 5.62. The Morgan fingerprint density at radius 3 is 2.62 bits per heavy atom. The van der Waals surface area contributed by atoms with Crippen LogP contribution in [0.1, 0.15) is 5.56 Å². The number of aromatic nitrogens is 2. The molecule has 0 aliphatic rings. The van der Waals surface area contributed by atoms with Crippen molar-refractivity contribution in [3.8, 4) is 0 Å². The summed E-state index contributed by atoms with van der Waals surface area (Å²) in [5.74, 6) is 5.25. The number of aryl methyl sites for hydroxylation is 1. The molecule has 0 amide bonds. The Bertz CT molecular complexity index is 808. The van der Waals surface area contributed by atoms with E-state index in [2.05, 4.69) is 5.43 Å². The molecule has 2 rings (SSSR count). The van der Waals surface area contributed by atoms with Crippen LogP contribution in [0.25, 0.3) is 0 Å². The number of nitrogens with two attached hydrogens (primary N) is 1. The number of nitro groups is 1. The maximum absolute atomic E-state index is 11.8. The molecule has 0 radical (unpaired) electrons. The van der Waals surface area contributed by atoms with E-state index in [-0.39, 0.29) is 17.9 Å². The summed E-state index contributed by atoms with van der Waals surface area (Å²) >= 11 is 0. The Morgan fingerprint density at radius 2 is 2.00 bits per heavy atom. The second kappa shape index (κ2) is 5.59. The van der Waals surface area contributed by atoms with Crippen LogP contribution < -0.4 is 22.4 Å². The van der Waals surface area contributed by atoms with E-state index in [9.17, 15) is 19.7 Å². The Morgan fingerprint density at radius 1 is 1.29 bits per heavy atom. The fraction of sp³-hybridized carbons (Fsp3) is 0.167. The Balaban J connectivity index is 2.41. The van der Waals surface area contributed by atoms with Gasteiger partial charge in [-0.3, -0.25) is 25.5 Å². The lowest BCUT2D eigenvalue weighted by Crippen LogP contribution is -2.39. The Labute approximate surface area is 118 Å². The van der Waals surface area contributed by atoms with E-state index in [1.165, 1.54) is 46.8 Å². The van der Waals surface area contributed by atoms with Gasteiger partial charge >= 0.3 is 11.1 Å². The van der Waals surface area contributed by atoms with Crippen molar-refractivity contribution in [2.45, 2.75) is 6.54 Å². The van der Waals surface area contributed by atoms with Crippen LogP contribution in [0.5, 0.6) is 0 Å². The van der Waals surface area contributed by atoms with Gasteiger partial charge in [-0.15, -0.1) is 0 Å². The van der Waals surface area contributed by atoms with Crippen LogP contribution in [-0.4, -0.2) is 14.1 Å². The zero-order chi connectivity index (χ0) is 15.6. The first-order valence-electron chi connectivity index (χ1n) is 5.94. The molecule has 0 saturated heterocycles. The van der Waals surface area contributed by atoms with Gasteiger partial charge in [0.2, 0.25) is 0 Å². The number of hydrazine groups is 1. The summed E-state index contributed by atoms with van der Waals surface area (Å²) < 4.78 is 2.41. The first-order valence-corrected chi connectivity index (χ1v) is 5.94. The minimum Gasteiger partial charge on any atom is -0.318 e. The van der Waals surface area contributed by atoms with Crippen molar-refractivity contribution in [1.82, 2.24) is 9.13 Å². The molecule has 1 heterocycles. The molecule has 0 spiro atoms. The summed E-state index contributed by atoms with van der Waals surface area (Å²) in [6.45, 7) is 0.113. The van der Waals surface area contributed by atoms with E-state index < -0.39 is 16.0 Å². The zero-order valence-electron chi connectivity index (χ0n) is 11.1. The van der Waals surface area contributed by atoms with Crippen LogP contribution >= 0.6 is 0 Å². The number of rotatable bonds is 4. The maximum atomic E-state index is 11.8. The van der Waals surface area contributed by atoms with E-state index in [0.29, 0.717) is 5.56 Å². The molecule has 9 nitrogen and oxygen atoms in total. The van der Waals surface area contributed by atoms with E-state index >= 15 is 0 Å². The summed E-state index contributed by atoms with van der Waals surface area (Å²) in [6, 6.07) is 4.25. The first-order chi connectivity index (χ1) is 9.93. The van der Waals surface area contributed by atoms with Crippen molar-refractivity contribution < 1.29 is 4.92 Å². The second-order valence-corrected chi connectivity index (χ2v) is 4.40. The van der Waals surface area contributed by atoms with Crippen molar-refractivity contribution in [1.29, 1.82) is 0 Å². The molecule has 0 saturated carbocycles. The fourth-order valence-electron chi connectivity index (χ4n) is 1.87. The Hall–Kier alpha value is -2.94.